The number of anilines is 1. The maximum Gasteiger partial charge on any atom is 0.112 e. The van der Waals surface area contributed by atoms with E-state index >= 15 is 0 Å². The number of fused-ring (bicyclic) bond motifs is 1. The van der Waals surface area contributed by atoms with Gasteiger partial charge < -0.3 is 10.4 Å². The van der Waals surface area contributed by atoms with E-state index in [4.69, 9.17) is 0 Å². The molecule has 1 aliphatic rings. The van der Waals surface area contributed by atoms with Crippen molar-refractivity contribution < 1.29 is 5.11 Å². The van der Waals surface area contributed by atoms with Crippen molar-refractivity contribution in [1.29, 1.82) is 0 Å². The molecule has 19 heavy (non-hydrogen) atoms. The number of aliphatic hydroxyl groups excluding tert-OH is 1. The fourth-order valence-corrected chi connectivity index (χ4v) is 2.96. The van der Waals surface area contributed by atoms with E-state index in [-0.39, 0.29) is 6.10 Å². The van der Waals surface area contributed by atoms with E-state index in [1.54, 1.807) is 12.4 Å². The molecule has 2 unspecified atom stereocenters. The van der Waals surface area contributed by atoms with E-state index in [9.17, 15) is 5.11 Å². The van der Waals surface area contributed by atoms with Gasteiger partial charge in [-0.3, -0.25) is 9.97 Å². The lowest BCUT2D eigenvalue weighted by Gasteiger charge is -2.13. The molecular weight excluding hydrogens is 306 g/mol. The van der Waals surface area contributed by atoms with E-state index in [2.05, 4.69) is 31.2 Å². The Hall–Kier alpha value is -1.20. The van der Waals surface area contributed by atoms with E-state index in [1.165, 1.54) is 0 Å². The van der Waals surface area contributed by atoms with Crippen LogP contribution < -0.4 is 5.32 Å². The van der Waals surface area contributed by atoms with Gasteiger partial charge in [-0.1, -0.05) is 0 Å². The summed E-state index contributed by atoms with van der Waals surface area (Å²) in [7, 11) is 0. The summed E-state index contributed by atoms with van der Waals surface area (Å²) in [4.78, 5) is 8.74. The highest BCUT2D eigenvalue weighted by Crippen LogP contribution is 2.27. The Labute approximate surface area is 120 Å². The predicted molar refractivity (Wildman–Crippen MR) is 79.1 cm³/mol. The number of pyridine rings is 2. The molecule has 0 saturated heterocycles. The van der Waals surface area contributed by atoms with Gasteiger partial charge in [0.2, 0.25) is 0 Å². The monoisotopic (exact) mass is 321 g/mol. The minimum Gasteiger partial charge on any atom is -0.393 e. The Kier molecular flexibility index (Phi) is 3.66. The SMILES string of the molecule is OC1CCC(CNc2ccnc3cc(Br)cnc23)C1. The molecule has 1 saturated carbocycles. The predicted octanol–water partition coefficient (Wildman–Crippen LogP) is 2.97. The Morgan fingerprint density at radius 3 is 3.05 bits per heavy atom. The van der Waals surface area contributed by atoms with Crippen LogP contribution in [0.1, 0.15) is 19.3 Å². The number of aromatic nitrogens is 2. The van der Waals surface area contributed by atoms with Crippen LogP contribution in [0.3, 0.4) is 0 Å². The van der Waals surface area contributed by atoms with Crippen LogP contribution in [-0.2, 0) is 0 Å². The van der Waals surface area contributed by atoms with Gasteiger partial charge in [-0.2, -0.15) is 0 Å². The van der Waals surface area contributed by atoms with Crippen LogP contribution in [0.4, 0.5) is 5.69 Å². The average Bonchev–Trinajstić information content (AvgIpc) is 2.81. The highest BCUT2D eigenvalue weighted by Gasteiger charge is 2.22. The van der Waals surface area contributed by atoms with Crippen molar-refractivity contribution in [3.63, 3.8) is 0 Å². The van der Waals surface area contributed by atoms with E-state index in [0.717, 1.165) is 47.0 Å². The minimum atomic E-state index is -0.116. The molecule has 1 fully saturated rings. The van der Waals surface area contributed by atoms with Gasteiger partial charge in [0.25, 0.3) is 0 Å². The second kappa shape index (κ2) is 5.43. The number of aliphatic hydroxyl groups is 1. The molecule has 1 aliphatic carbocycles. The van der Waals surface area contributed by atoms with Gasteiger partial charge in [0.15, 0.2) is 0 Å². The Morgan fingerprint density at radius 2 is 2.26 bits per heavy atom. The van der Waals surface area contributed by atoms with E-state index in [0.29, 0.717) is 5.92 Å². The fraction of sp³-hybridized carbons (Fsp3) is 0.429. The first-order valence-corrected chi connectivity index (χ1v) is 7.34. The van der Waals surface area contributed by atoms with Crippen LogP contribution in [0, 0.1) is 5.92 Å². The summed E-state index contributed by atoms with van der Waals surface area (Å²) < 4.78 is 0.934. The van der Waals surface area contributed by atoms with Gasteiger partial charge in [-0.05, 0) is 53.2 Å². The molecule has 2 atom stereocenters. The maximum atomic E-state index is 9.54. The van der Waals surface area contributed by atoms with Gasteiger partial charge in [-0.25, -0.2) is 0 Å². The lowest BCUT2D eigenvalue weighted by atomic mass is 10.1. The molecule has 0 aliphatic heterocycles. The fourth-order valence-electron chi connectivity index (χ4n) is 2.64. The number of nitrogens with one attached hydrogen (secondary N) is 1. The molecule has 5 heteroatoms. The summed E-state index contributed by atoms with van der Waals surface area (Å²) in [6.07, 6.45) is 6.38. The molecular formula is C14H16BrN3O. The number of hydrogen-bond acceptors (Lipinski definition) is 4. The van der Waals surface area contributed by atoms with Crippen LogP contribution in [0.15, 0.2) is 29.0 Å². The summed E-state index contributed by atoms with van der Waals surface area (Å²) >= 11 is 3.41. The molecule has 2 aromatic heterocycles. The van der Waals surface area contributed by atoms with Crippen LogP contribution >= 0.6 is 15.9 Å². The zero-order valence-electron chi connectivity index (χ0n) is 10.5. The summed E-state index contributed by atoms with van der Waals surface area (Å²) in [6, 6.07) is 3.92. The van der Waals surface area contributed by atoms with Gasteiger partial charge in [0, 0.05) is 23.4 Å². The zero-order valence-corrected chi connectivity index (χ0v) is 12.1. The van der Waals surface area contributed by atoms with Crippen LogP contribution in [-0.4, -0.2) is 27.7 Å². The van der Waals surface area contributed by atoms with Crippen LogP contribution in [0.2, 0.25) is 0 Å². The van der Waals surface area contributed by atoms with Crippen LogP contribution in [0.5, 0.6) is 0 Å². The smallest absolute Gasteiger partial charge is 0.112 e. The van der Waals surface area contributed by atoms with Gasteiger partial charge in [0.1, 0.15) is 5.52 Å². The molecule has 0 spiro atoms. The number of nitrogens with zero attached hydrogens (tertiary/aromatic N) is 2. The average molecular weight is 322 g/mol. The van der Waals surface area contributed by atoms with Crippen molar-refractivity contribution in [1.82, 2.24) is 9.97 Å². The van der Waals surface area contributed by atoms with Gasteiger partial charge in [-0.15, -0.1) is 0 Å². The second-order valence-corrected chi connectivity index (χ2v) is 6.01. The minimum absolute atomic E-state index is 0.116. The largest absolute Gasteiger partial charge is 0.393 e. The van der Waals surface area contributed by atoms with Gasteiger partial charge >= 0.3 is 0 Å². The van der Waals surface area contributed by atoms with Crippen molar-refractivity contribution in [2.75, 3.05) is 11.9 Å². The standard InChI is InChI=1S/C14H16BrN3O/c15-10-6-13-14(18-8-10)12(3-4-16-13)17-7-9-1-2-11(19)5-9/h3-4,6,8-9,11,19H,1-2,5,7H2,(H,16,17). The first kappa shape index (κ1) is 12.8. The summed E-state index contributed by atoms with van der Waals surface area (Å²) in [5.41, 5.74) is 2.79. The third-order valence-electron chi connectivity index (χ3n) is 3.64. The van der Waals surface area contributed by atoms with Gasteiger partial charge in [0.05, 0.1) is 17.3 Å². The van der Waals surface area contributed by atoms with Crippen molar-refractivity contribution >= 4 is 32.7 Å². The normalized spacial score (nSPS) is 22.8. The highest BCUT2D eigenvalue weighted by atomic mass is 79.9. The summed E-state index contributed by atoms with van der Waals surface area (Å²) in [5.74, 6) is 0.550. The Balaban J connectivity index is 1.77. The molecule has 4 nitrogen and oxygen atoms in total. The number of rotatable bonds is 3. The highest BCUT2D eigenvalue weighted by molar-refractivity contribution is 9.10. The summed E-state index contributed by atoms with van der Waals surface area (Å²) in [6.45, 7) is 0.883. The molecule has 0 bridgehead atoms. The molecule has 100 valence electrons. The Bertz CT molecular complexity index is 590. The first-order valence-electron chi connectivity index (χ1n) is 6.54. The van der Waals surface area contributed by atoms with Crippen molar-refractivity contribution in [3.8, 4) is 0 Å². The van der Waals surface area contributed by atoms with Crippen molar-refractivity contribution in [3.05, 3.63) is 29.0 Å². The first-order chi connectivity index (χ1) is 9.22. The zero-order chi connectivity index (χ0) is 13.2. The topological polar surface area (TPSA) is 58.0 Å². The lowest BCUT2D eigenvalue weighted by Crippen LogP contribution is -2.13. The molecule has 0 aromatic carbocycles. The molecule has 0 radical (unpaired) electrons. The number of hydrogen-bond donors (Lipinski definition) is 2. The molecule has 2 heterocycles. The molecule has 2 N–H and O–H groups in total. The van der Waals surface area contributed by atoms with Crippen molar-refractivity contribution in [2.24, 2.45) is 5.92 Å². The number of halogens is 1. The van der Waals surface area contributed by atoms with E-state index < -0.39 is 0 Å². The lowest BCUT2D eigenvalue weighted by molar-refractivity contribution is 0.178. The quantitative estimate of drug-likeness (QED) is 0.912. The molecule has 0 amide bonds. The maximum absolute atomic E-state index is 9.54. The Morgan fingerprint density at radius 1 is 1.37 bits per heavy atom. The molecule has 3 rings (SSSR count). The third-order valence-corrected chi connectivity index (χ3v) is 4.07. The van der Waals surface area contributed by atoms with Crippen molar-refractivity contribution in [2.45, 2.75) is 25.4 Å². The second-order valence-electron chi connectivity index (χ2n) is 5.09. The van der Waals surface area contributed by atoms with E-state index in [1.807, 2.05) is 12.1 Å². The molecule has 2 aromatic rings. The summed E-state index contributed by atoms with van der Waals surface area (Å²) in [5, 5.41) is 13.0. The van der Waals surface area contributed by atoms with Crippen LogP contribution in [0.25, 0.3) is 11.0 Å². The third kappa shape index (κ3) is 2.87.